The number of rotatable bonds is 1. The van der Waals surface area contributed by atoms with Crippen LogP contribution in [0.1, 0.15) is 17.0 Å². The van der Waals surface area contributed by atoms with Crippen molar-refractivity contribution in [1.29, 1.82) is 0 Å². The largest absolute Gasteiger partial charge is 0.506 e. The highest BCUT2D eigenvalue weighted by atomic mass is 16.3. The van der Waals surface area contributed by atoms with Crippen LogP contribution in [-0.2, 0) is 0 Å². The van der Waals surface area contributed by atoms with Gasteiger partial charge in [-0.3, -0.25) is 0 Å². The van der Waals surface area contributed by atoms with Crippen LogP contribution >= 0.6 is 0 Å². The van der Waals surface area contributed by atoms with Gasteiger partial charge in [0.1, 0.15) is 5.75 Å². The molecule has 2 aromatic heterocycles. The third kappa shape index (κ3) is 2.38. The molecule has 0 radical (unpaired) electrons. The van der Waals surface area contributed by atoms with E-state index in [0.717, 1.165) is 38.6 Å². The first kappa shape index (κ1) is 13.6. The van der Waals surface area contributed by atoms with Crippen molar-refractivity contribution in [2.24, 2.45) is 4.99 Å². The molecule has 1 aliphatic rings. The smallest absolute Gasteiger partial charge is 0.141 e. The topological polar surface area (TPSA) is 64.2 Å². The molecule has 0 saturated heterocycles. The molecule has 4 rings (SSSR count). The van der Waals surface area contributed by atoms with Crippen molar-refractivity contribution in [3.05, 3.63) is 74.6 Å². The van der Waals surface area contributed by atoms with E-state index in [1.54, 1.807) is 6.07 Å². The zero-order valence-corrected chi connectivity index (χ0v) is 13.0. The Morgan fingerprint density at radius 1 is 1.09 bits per heavy atom. The number of hydrogen-bond acceptors (Lipinski definition) is 2. The van der Waals surface area contributed by atoms with Gasteiger partial charge in [0.15, 0.2) is 0 Å². The summed E-state index contributed by atoms with van der Waals surface area (Å²) in [6.07, 6.45) is 3.94. The van der Waals surface area contributed by atoms with E-state index in [9.17, 15) is 5.11 Å². The molecule has 114 valence electrons. The fourth-order valence-corrected chi connectivity index (χ4v) is 2.91. The SMILES string of the molecule is Cc1cc(C)c(/C=c2\[nH]c(=C3C=c4ccccc4=N3)cc2O)[nH]1. The van der Waals surface area contributed by atoms with Gasteiger partial charge in [0.2, 0.25) is 0 Å². The average molecular weight is 303 g/mol. The summed E-state index contributed by atoms with van der Waals surface area (Å²) in [5, 5.41) is 13.8. The lowest BCUT2D eigenvalue weighted by Gasteiger charge is -1.90. The van der Waals surface area contributed by atoms with E-state index in [2.05, 4.69) is 21.0 Å². The number of aromatic hydroxyl groups is 1. The van der Waals surface area contributed by atoms with E-state index in [-0.39, 0.29) is 5.75 Å². The van der Waals surface area contributed by atoms with Crippen LogP contribution < -0.4 is 21.3 Å². The summed E-state index contributed by atoms with van der Waals surface area (Å²) in [6, 6.07) is 11.8. The zero-order chi connectivity index (χ0) is 16.0. The maximum atomic E-state index is 10.2. The number of para-hydroxylation sites is 1. The Morgan fingerprint density at radius 2 is 1.91 bits per heavy atom. The third-order valence-electron chi connectivity index (χ3n) is 4.05. The van der Waals surface area contributed by atoms with Gasteiger partial charge in [-0.05, 0) is 43.7 Å². The first-order valence-corrected chi connectivity index (χ1v) is 7.56. The number of nitrogens with zero attached hydrogens (tertiary/aromatic N) is 1. The Labute approximate surface area is 132 Å². The van der Waals surface area contributed by atoms with Crippen LogP contribution in [0.25, 0.3) is 17.8 Å². The lowest BCUT2D eigenvalue weighted by atomic mass is 10.2. The van der Waals surface area contributed by atoms with E-state index >= 15 is 0 Å². The van der Waals surface area contributed by atoms with Gasteiger partial charge in [-0.2, -0.15) is 0 Å². The summed E-state index contributed by atoms with van der Waals surface area (Å²) >= 11 is 0. The molecule has 4 heteroatoms. The van der Waals surface area contributed by atoms with Crippen LogP contribution in [0.15, 0.2) is 41.4 Å². The Hall–Kier alpha value is -3.01. The summed E-state index contributed by atoms with van der Waals surface area (Å²) in [5.74, 6) is 0.221. The molecular weight excluding hydrogens is 286 g/mol. The average Bonchev–Trinajstić information content (AvgIpc) is 3.18. The molecular formula is C19H17N3O. The Morgan fingerprint density at radius 3 is 2.65 bits per heavy atom. The van der Waals surface area contributed by atoms with Gasteiger partial charge >= 0.3 is 0 Å². The summed E-state index contributed by atoms with van der Waals surface area (Å²) in [7, 11) is 0. The molecule has 4 nitrogen and oxygen atoms in total. The first-order valence-electron chi connectivity index (χ1n) is 7.56. The number of nitrogens with one attached hydrogen (secondary N) is 2. The van der Waals surface area contributed by atoms with Gasteiger partial charge in [-0.25, -0.2) is 4.99 Å². The maximum Gasteiger partial charge on any atom is 0.141 e. The third-order valence-corrected chi connectivity index (χ3v) is 4.05. The van der Waals surface area contributed by atoms with Gasteiger partial charge in [0.25, 0.3) is 0 Å². The lowest BCUT2D eigenvalue weighted by Crippen LogP contribution is -2.19. The molecule has 3 N–H and O–H groups in total. The minimum atomic E-state index is 0.221. The van der Waals surface area contributed by atoms with Crippen molar-refractivity contribution in [2.45, 2.75) is 13.8 Å². The highest BCUT2D eigenvalue weighted by molar-refractivity contribution is 5.76. The first-order chi connectivity index (χ1) is 11.1. The molecule has 0 unspecified atom stereocenters. The highest BCUT2D eigenvalue weighted by Crippen LogP contribution is 2.10. The van der Waals surface area contributed by atoms with Crippen LogP contribution in [0.5, 0.6) is 5.75 Å². The number of H-pyrrole nitrogens is 2. The van der Waals surface area contributed by atoms with E-state index in [4.69, 9.17) is 0 Å². The highest BCUT2D eigenvalue weighted by Gasteiger charge is 2.05. The summed E-state index contributed by atoms with van der Waals surface area (Å²) in [4.78, 5) is 11.1. The standard InChI is InChI=1S/C19H17N3O/c1-11-7-12(2)20-15(11)9-18-19(23)10-17(22-18)16-8-13-5-3-4-6-14(13)21-16/h3-10,20,22-23H,1-2H3/b17-16?,18-9-. The number of aromatic amines is 2. The molecule has 1 aromatic carbocycles. The number of hydrogen-bond donors (Lipinski definition) is 3. The van der Waals surface area contributed by atoms with Crippen molar-refractivity contribution in [2.75, 3.05) is 0 Å². The minimum absolute atomic E-state index is 0.221. The minimum Gasteiger partial charge on any atom is -0.506 e. The van der Waals surface area contributed by atoms with Gasteiger partial charge < -0.3 is 15.1 Å². The second kappa shape index (κ2) is 5.02. The van der Waals surface area contributed by atoms with Gasteiger partial charge in [0, 0.05) is 22.7 Å². The Balaban J connectivity index is 1.91. The molecule has 0 saturated carbocycles. The normalized spacial score (nSPS) is 16.2. The van der Waals surface area contributed by atoms with Crippen LogP contribution in [0, 0.1) is 13.8 Å². The van der Waals surface area contributed by atoms with Crippen molar-refractivity contribution in [3.8, 4) is 5.75 Å². The predicted molar refractivity (Wildman–Crippen MR) is 90.6 cm³/mol. The van der Waals surface area contributed by atoms with E-state index < -0.39 is 0 Å². The van der Waals surface area contributed by atoms with E-state index in [0.29, 0.717) is 5.35 Å². The fourth-order valence-electron chi connectivity index (χ4n) is 2.91. The summed E-state index contributed by atoms with van der Waals surface area (Å²) in [5.41, 5.74) is 4.08. The number of fused-ring (bicyclic) bond motifs is 1. The second-order valence-electron chi connectivity index (χ2n) is 5.88. The van der Waals surface area contributed by atoms with Crippen LogP contribution in [-0.4, -0.2) is 15.1 Å². The lowest BCUT2D eigenvalue weighted by molar-refractivity contribution is 0.471. The van der Waals surface area contributed by atoms with Crippen molar-refractivity contribution in [1.82, 2.24) is 9.97 Å². The molecule has 3 aromatic rings. The van der Waals surface area contributed by atoms with Crippen LogP contribution in [0.4, 0.5) is 0 Å². The molecule has 0 atom stereocenters. The molecule has 3 heterocycles. The Bertz CT molecular complexity index is 1110. The zero-order valence-electron chi connectivity index (χ0n) is 13.0. The van der Waals surface area contributed by atoms with Crippen molar-refractivity contribution in [3.63, 3.8) is 0 Å². The Kier molecular flexibility index (Phi) is 2.98. The summed E-state index contributed by atoms with van der Waals surface area (Å²) < 4.78 is 0. The van der Waals surface area contributed by atoms with Crippen molar-refractivity contribution >= 4 is 17.8 Å². The molecule has 0 fully saturated rings. The monoisotopic (exact) mass is 303 g/mol. The molecule has 0 amide bonds. The number of benzene rings is 1. The van der Waals surface area contributed by atoms with Crippen molar-refractivity contribution < 1.29 is 5.11 Å². The second-order valence-corrected chi connectivity index (χ2v) is 5.88. The molecule has 0 bridgehead atoms. The molecule has 23 heavy (non-hydrogen) atoms. The maximum absolute atomic E-state index is 10.2. The summed E-state index contributed by atoms with van der Waals surface area (Å²) in [6.45, 7) is 4.06. The predicted octanol–water partition coefficient (Wildman–Crippen LogP) is 0.716. The van der Waals surface area contributed by atoms with Gasteiger partial charge in [-0.15, -0.1) is 0 Å². The van der Waals surface area contributed by atoms with Gasteiger partial charge in [-0.1, -0.05) is 18.2 Å². The van der Waals surface area contributed by atoms with E-state index in [1.165, 1.54) is 0 Å². The van der Waals surface area contributed by atoms with Crippen LogP contribution in [0.3, 0.4) is 0 Å². The number of aryl methyl sites for hydroxylation is 2. The van der Waals surface area contributed by atoms with E-state index in [1.807, 2.05) is 50.3 Å². The van der Waals surface area contributed by atoms with Crippen LogP contribution in [0.2, 0.25) is 0 Å². The number of aromatic nitrogens is 2. The quantitative estimate of drug-likeness (QED) is 0.609. The molecule has 1 aliphatic heterocycles. The molecule has 0 spiro atoms. The fraction of sp³-hybridized carbons (Fsp3) is 0.105. The van der Waals surface area contributed by atoms with Gasteiger partial charge in [0.05, 0.1) is 21.8 Å². The molecule has 0 aliphatic carbocycles.